The minimum Gasteiger partial charge on any atom is -0.333 e. The molecular weight excluding hydrogens is 248 g/mol. The molecule has 18 heavy (non-hydrogen) atoms. The van der Waals surface area contributed by atoms with Gasteiger partial charge in [-0.05, 0) is 18.2 Å². The third-order valence-corrected chi connectivity index (χ3v) is 3.04. The van der Waals surface area contributed by atoms with Gasteiger partial charge in [0, 0.05) is 31.6 Å². The van der Waals surface area contributed by atoms with E-state index in [4.69, 9.17) is 11.6 Å². The molecule has 2 aromatic rings. The van der Waals surface area contributed by atoms with E-state index in [9.17, 15) is 0 Å². The Morgan fingerprint density at radius 2 is 2.33 bits per heavy atom. The molecule has 0 unspecified atom stereocenters. The lowest BCUT2D eigenvalue weighted by atomic mass is 10.2. The molecule has 0 aliphatic carbocycles. The number of likely N-dealkylation sites (N-methyl/N-ethyl adjacent to an activating group) is 1. The molecule has 1 N–H and O–H groups in total. The van der Waals surface area contributed by atoms with Gasteiger partial charge in [-0.1, -0.05) is 18.5 Å². The number of imidazole rings is 1. The summed E-state index contributed by atoms with van der Waals surface area (Å²) >= 11 is 6.08. The van der Waals surface area contributed by atoms with Gasteiger partial charge in [-0.25, -0.2) is 4.98 Å². The predicted octanol–water partition coefficient (Wildman–Crippen LogP) is 2.13. The highest BCUT2D eigenvalue weighted by molar-refractivity contribution is 6.31. The van der Waals surface area contributed by atoms with Crippen LogP contribution in [0.3, 0.4) is 0 Å². The molecule has 0 fully saturated rings. The van der Waals surface area contributed by atoms with Crippen molar-refractivity contribution in [1.82, 2.24) is 19.9 Å². The van der Waals surface area contributed by atoms with Crippen molar-refractivity contribution in [3.05, 3.63) is 47.3 Å². The summed E-state index contributed by atoms with van der Waals surface area (Å²) in [5.74, 6) is 0. The Morgan fingerprint density at radius 3 is 3.11 bits per heavy atom. The molecule has 2 rings (SSSR count). The van der Waals surface area contributed by atoms with E-state index in [1.807, 2.05) is 17.0 Å². The number of nitrogens with zero attached hydrogens (tertiary/aromatic N) is 3. The average molecular weight is 265 g/mol. The van der Waals surface area contributed by atoms with Gasteiger partial charge in [-0.2, -0.15) is 0 Å². The van der Waals surface area contributed by atoms with E-state index < -0.39 is 0 Å². The highest BCUT2D eigenvalue weighted by Crippen LogP contribution is 2.14. The van der Waals surface area contributed by atoms with Crippen LogP contribution in [0.2, 0.25) is 5.02 Å². The van der Waals surface area contributed by atoms with Gasteiger partial charge in [0.1, 0.15) is 0 Å². The monoisotopic (exact) mass is 264 g/mol. The number of rotatable bonds is 6. The fourth-order valence-electron chi connectivity index (χ4n) is 1.74. The Hall–Kier alpha value is -1.39. The Morgan fingerprint density at radius 1 is 1.44 bits per heavy atom. The first-order valence-electron chi connectivity index (χ1n) is 6.09. The summed E-state index contributed by atoms with van der Waals surface area (Å²) in [6, 6.07) is 1.93. The first kappa shape index (κ1) is 13.1. The average Bonchev–Trinajstić information content (AvgIpc) is 2.80. The summed E-state index contributed by atoms with van der Waals surface area (Å²) in [4.78, 5) is 8.35. The Bertz CT molecular complexity index is 495. The molecule has 0 saturated carbocycles. The number of aromatic nitrogens is 3. The normalized spacial score (nSPS) is 10.8. The Kier molecular flexibility index (Phi) is 4.73. The van der Waals surface area contributed by atoms with E-state index in [-0.39, 0.29) is 0 Å². The fourth-order valence-corrected chi connectivity index (χ4v) is 1.92. The van der Waals surface area contributed by atoms with Crippen molar-refractivity contribution in [3.63, 3.8) is 0 Å². The van der Waals surface area contributed by atoms with Crippen molar-refractivity contribution in [3.8, 4) is 0 Å². The number of halogens is 1. The molecule has 4 nitrogen and oxygen atoms in total. The minimum absolute atomic E-state index is 0.695. The van der Waals surface area contributed by atoms with Crippen LogP contribution in [0.5, 0.6) is 0 Å². The van der Waals surface area contributed by atoms with Crippen molar-refractivity contribution >= 4 is 11.6 Å². The molecule has 0 saturated heterocycles. The topological polar surface area (TPSA) is 42.7 Å². The predicted molar refractivity (Wildman–Crippen MR) is 72.8 cm³/mol. The summed E-state index contributed by atoms with van der Waals surface area (Å²) in [5.41, 5.74) is 2.16. The van der Waals surface area contributed by atoms with Gasteiger partial charge >= 0.3 is 0 Å². The number of pyridine rings is 1. The SMILES string of the molecule is CCNCCc1cn(Cc2ccncc2Cl)cn1. The maximum absolute atomic E-state index is 6.08. The molecule has 96 valence electrons. The summed E-state index contributed by atoms with van der Waals surface area (Å²) in [6.07, 6.45) is 8.28. The van der Waals surface area contributed by atoms with Crippen LogP contribution in [0, 0.1) is 0 Å². The van der Waals surface area contributed by atoms with Gasteiger partial charge in [0.15, 0.2) is 0 Å². The van der Waals surface area contributed by atoms with Gasteiger partial charge in [-0.15, -0.1) is 0 Å². The molecule has 0 amide bonds. The maximum atomic E-state index is 6.08. The molecule has 5 heteroatoms. The van der Waals surface area contributed by atoms with E-state index >= 15 is 0 Å². The summed E-state index contributed by atoms with van der Waals surface area (Å²) < 4.78 is 2.04. The first-order chi connectivity index (χ1) is 8.79. The molecule has 2 heterocycles. The third kappa shape index (κ3) is 3.55. The van der Waals surface area contributed by atoms with Crippen LogP contribution in [0.15, 0.2) is 31.0 Å². The van der Waals surface area contributed by atoms with Gasteiger partial charge in [0.25, 0.3) is 0 Å². The number of nitrogens with one attached hydrogen (secondary N) is 1. The zero-order valence-corrected chi connectivity index (χ0v) is 11.2. The van der Waals surface area contributed by atoms with Crippen LogP contribution in [0.1, 0.15) is 18.2 Å². The summed E-state index contributed by atoms with van der Waals surface area (Å²) in [7, 11) is 0. The first-order valence-corrected chi connectivity index (χ1v) is 6.47. The Labute approximate surface area is 112 Å². The third-order valence-electron chi connectivity index (χ3n) is 2.70. The van der Waals surface area contributed by atoms with E-state index in [0.717, 1.165) is 37.3 Å². The molecule has 0 aliphatic rings. The van der Waals surface area contributed by atoms with Crippen molar-refractivity contribution in [2.75, 3.05) is 13.1 Å². The van der Waals surface area contributed by atoms with Gasteiger partial charge < -0.3 is 9.88 Å². The molecule has 0 aromatic carbocycles. The van der Waals surface area contributed by atoms with Crippen LogP contribution in [0.4, 0.5) is 0 Å². The lowest BCUT2D eigenvalue weighted by Crippen LogP contribution is -2.16. The molecule has 0 bridgehead atoms. The van der Waals surface area contributed by atoms with E-state index in [2.05, 4.69) is 28.4 Å². The maximum Gasteiger partial charge on any atom is 0.0952 e. The molecule has 2 aromatic heterocycles. The van der Waals surface area contributed by atoms with Crippen LogP contribution in [-0.4, -0.2) is 27.6 Å². The second-order valence-electron chi connectivity index (χ2n) is 4.11. The van der Waals surface area contributed by atoms with E-state index in [0.29, 0.717) is 5.02 Å². The Balaban J connectivity index is 1.96. The van der Waals surface area contributed by atoms with Crippen molar-refractivity contribution in [1.29, 1.82) is 0 Å². The molecule has 0 radical (unpaired) electrons. The highest BCUT2D eigenvalue weighted by atomic mass is 35.5. The zero-order chi connectivity index (χ0) is 12.8. The quantitative estimate of drug-likeness (QED) is 0.813. The second-order valence-corrected chi connectivity index (χ2v) is 4.52. The van der Waals surface area contributed by atoms with E-state index in [1.165, 1.54) is 0 Å². The van der Waals surface area contributed by atoms with Crippen molar-refractivity contribution < 1.29 is 0 Å². The number of hydrogen-bond donors (Lipinski definition) is 1. The molecular formula is C13H17ClN4. The van der Waals surface area contributed by atoms with E-state index in [1.54, 1.807) is 12.4 Å². The van der Waals surface area contributed by atoms with Crippen LogP contribution >= 0.6 is 11.6 Å². The van der Waals surface area contributed by atoms with Crippen LogP contribution in [-0.2, 0) is 13.0 Å². The standard InChI is InChI=1S/C13H17ClN4/c1-2-15-6-4-12-9-18(10-17-12)8-11-3-5-16-7-13(11)14/h3,5,7,9-10,15H,2,4,6,8H2,1H3. The molecule has 0 atom stereocenters. The van der Waals surface area contributed by atoms with Crippen LogP contribution < -0.4 is 5.32 Å². The van der Waals surface area contributed by atoms with Gasteiger partial charge in [0.2, 0.25) is 0 Å². The minimum atomic E-state index is 0.695. The van der Waals surface area contributed by atoms with Crippen molar-refractivity contribution in [2.24, 2.45) is 0 Å². The fraction of sp³-hybridized carbons (Fsp3) is 0.385. The zero-order valence-electron chi connectivity index (χ0n) is 10.4. The highest BCUT2D eigenvalue weighted by Gasteiger charge is 2.02. The number of hydrogen-bond acceptors (Lipinski definition) is 3. The molecule has 0 aliphatic heterocycles. The lowest BCUT2D eigenvalue weighted by Gasteiger charge is -2.03. The molecule has 0 spiro atoms. The summed E-state index contributed by atoms with van der Waals surface area (Å²) in [5, 5.41) is 3.98. The second kappa shape index (κ2) is 6.52. The van der Waals surface area contributed by atoms with Crippen molar-refractivity contribution in [2.45, 2.75) is 19.9 Å². The van der Waals surface area contributed by atoms with Gasteiger partial charge in [0.05, 0.1) is 23.6 Å². The lowest BCUT2D eigenvalue weighted by molar-refractivity contribution is 0.708. The largest absolute Gasteiger partial charge is 0.333 e. The smallest absolute Gasteiger partial charge is 0.0952 e. The van der Waals surface area contributed by atoms with Crippen LogP contribution in [0.25, 0.3) is 0 Å². The van der Waals surface area contributed by atoms with Gasteiger partial charge in [-0.3, -0.25) is 4.98 Å². The summed E-state index contributed by atoms with van der Waals surface area (Å²) in [6.45, 7) is 4.79.